The first-order valence-electron chi connectivity index (χ1n) is 9.70. The van der Waals surface area contributed by atoms with Crippen LogP contribution in [0.25, 0.3) is 5.78 Å². The van der Waals surface area contributed by atoms with Gasteiger partial charge in [0.2, 0.25) is 0 Å². The zero-order chi connectivity index (χ0) is 19.8. The van der Waals surface area contributed by atoms with E-state index in [1.54, 1.807) is 16.6 Å². The third-order valence-corrected chi connectivity index (χ3v) is 5.44. The predicted molar refractivity (Wildman–Crippen MR) is 111 cm³/mol. The fourth-order valence-electron chi connectivity index (χ4n) is 3.74. The molecule has 1 aliphatic rings. The van der Waals surface area contributed by atoms with E-state index in [2.05, 4.69) is 10.3 Å². The molecule has 146 valence electrons. The largest absolute Gasteiger partial charge is 0.340 e. The molecule has 7 heteroatoms. The first-order valence-corrected chi connectivity index (χ1v) is 10.1. The minimum atomic E-state index is -0.261. The van der Waals surface area contributed by atoms with Gasteiger partial charge in [-0.1, -0.05) is 23.7 Å². The van der Waals surface area contributed by atoms with Crippen molar-refractivity contribution in [3.05, 3.63) is 82.0 Å². The summed E-state index contributed by atoms with van der Waals surface area (Å²) >= 11 is 5.98. The third kappa shape index (κ3) is 3.68. The van der Waals surface area contributed by atoms with Gasteiger partial charge >= 0.3 is 0 Å². The molecule has 0 aliphatic heterocycles. The summed E-state index contributed by atoms with van der Waals surface area (Å²) in [5.41, 5.74) is 4.12. The van der Waals surface area contributed by atoms with Crippen molar-refractivity contribution in [2.75, 3.05) is 5.32 Å². The van der Waals surface area contributed by atoms with Crippen molar-refractivity contribution in [2.45, 2.75) is 32.1 Å². The highest BCUT2D eigenvalue weighted by Gasteiger charge is 2.21. The van der Waals surface area contributed by atoms with Crippen molar-refractivity contribution < 1.29 is 4.39 Å². The molecule has 0 amide bonds. The number of benzene rings is 2. The molecule has 2 aromatic carbocycles. The van der Waals surface area contributed by atoms with Crippen molar-refractivity contribution in [3.63, 3.8) is 0 Å². The van der Waals surface area contributed by atoms with Gasteiger partial charge in [-0.05, 0) is 67.6 Å². The number of hydrogen-bond donors (Lipinski definition) is 1. The third-order valence-electron chi connectivity index (χ3n) is 5.19. The van der Waals surface area contributed by atoms with E-state index in [0.717, 1.165) is 54.0 Å². The van der Waals surface area contributed by atoms with Crippen molar-refractivity contribution in [3.8, 4) is 0 Å². The maximum atomic E-state index is 13.3. The smallest absolute Gasteiger partial charge is 0.254 e. The van der Waals surface area contributed by atoms with Crippen molar-refractivity contribution in [2.24, 2.45) is 0 Å². The molecule has 0 spiro atoms. The lowest BCUT2D eigenvalue weighted by atomic mass is 9.96. The highest BCUT2D eigenvalue weighted by atomic mass is 35.5. The van der Waals surface area contributed by atoms with Gasteiger partial charge in [0.1, 0.15) is 11.6 Å². The van der Waals surface area contributed by atoms with E-state index in [1.807, 2.05) is 24.3 Å². The Bertz CT molecular complexity index is 1170. The molecule has 4 aromatic rings. The average Bonchev–Trinajstić information content (AvgIpc) is 3.13. The molecule has 0 atom stereocenters. The molecule has 29 heavy (non-hydrogen) atoms. The van der Waals surface area contributed by atoms with Gasteiger partial charge < -0.3 is 5.32 Å². The molecule has 0 saturated heterocycles. The maximum Gasteiger partial charge on any atom is 0.254 e. The Morgan fingerprint density at radius 1 is 0.966 bits per heavy atom. The number of aryl methyl sites for hydroxylation is 1. The Morgan fingerprint density at radius 3 is 2.52 bits per heavy atom. The van der Waals surface area contributed by atoms with Crippen LogP contribution in [0.2, 0.25) is 5.02 Å². The van der Waals surface area contributed by atoms with Crippen LogP contribution in [0, 0.1) is 5.82 Å². The highest BCUT2D eigenvalue weighted by molar-refractivity contribution is 6.30. The molecule has 0 radical (unpaired) electrons. The quantitative estimate of drug-likeness (QED) is 0.509. The maximum absolute atomic E-state index is 13.3. The van der Waals surface area contributed by atoms with Gasteiger partial charge in [-0.3, -0.25) is 0 Å². The van der Waals surface area contributed by atoms with Crippen LogP contribution in [-0.4, -0.2) is 19.6 Å². The van der Waals surface area contributed by atoms with Gasteiger partial charge in [-0.2, -0.15) is 9.50 Å². The van der Waals surface area contributed by atoms with Gasteiger partial charge in [0.15, 0.2) is 5.82 Å². The second-order valence-corrected chi connectivity index (χ2v) is 7.70. The molecule has 0 fully saturated rings. The Labute approximate surface area is 172 Å². The summed E-state index contributed by atoms with van der Waals surface area (Å²) in [6.45, 7) is 0. The van der Waals surface area contributed by atoms with Crippen molar-refractivity contribution >= 4 is 28.9 Å². The Morgan fingerprint density at radius 2 is 1.72 bits per heavy atom. The van der Waals surface area contributed by atoms with Gasteiger partial charge in [0.25, 0.3) is 5.78 Å². The number of anilines is 2. The summed E-state index contributed by atoms with van der Waals surface area (Å²) in [5.74, 6) is 1.89. The lowest BCUT2D eigenvalue weighted by molar-refractivity contribution is 0.628. The summed E-state index contributed by atoms with van der Waals surface area (Å²) in [6.07, 6.45) is 4.71. The Kier molecular flexibility index (Phi) is 4.64. The van der Waals surface area contributed by atoms with E-state index in [9.17, 15) is 4.39 Å². The summed E-state index contributed by atoms with van der Waals surface area (Å²) in [6, 6.07) is 14.0. The minimum Gasteiger partial charge on any atom is -0.340 e. The number of nitrogens with one attached hydrogen (secondary N) is 1. The second kappa shape index (κ2) is 7.44. The molecule has 5 rings (SSSR count). The number of fused-ring (bicyclic) bond motifs is 2. The zero-order valence-electron chi connectivity index (χ0n) is 15.7. The highest BCUT2D eigenvalue weighted by Crippen LogP contribution is 2.29. The number of rotatable bonds is 4. The molecule has 0 saturated carbocycles. The molecule has 0 bridgehead atoms. The van der Waals surface area contributed by atoms with Crippen LogP contribution >= 0.6 is 11.6 Å². The number of hydrogen-bond acceptors (Lipinski definition) is 4. The lowest BCUT2D eigenvalue weighted by Crippen LogP contribution is -2.13. The average molecular weight is 408 g/mol. The molecule has 2 aromatic heterocycles. The Balaban J connectivity index is 1.57. The SMILES string of the molecule is Fc1ccc(Nc2c3c(nc4nc(Cc5ccc(Cl)cc5)nn24)CCCC3)cc1. The lowest BCUT2D eigenvalue weighted by Gasteiger charge is -2.19. The monoisotopic (exact) mass is 407 g/mol. The molecule has 2 heterocycles. The van der Waals surface area contributed by atoms with Crippen LogP contribution in [0.3, 0.4) is 0 Å². The summed E-state index contributed by atoms with van der Waals surface area (Å²) < 4.78 is 15.1. The summed E-state index contributed by atoms with van der Waals surface area (Å²) in [4.78, 5) is 9.44. The standard InChI is InChI=1S/C22H19ClFN5/c23-15-7-5-14(6-8-15)13-20-27-22-26-19-4-2-1-3-18(19)21(29(22)28-20)25-17-11-9-16(24)10-12-17/h5-12,25H,1-4,13H2. The van der Waals surface area contributed by atoms with Crippen LogP contribution in [0.4, 0.5) is 15.9 Å². The first-order chi connectivity index (χ1) is 14.2. The van der Waals surface area contributed by atoms with Gasteiger partial charge in [-0.15, -0.1) is 5.10 Å². The fourth-order valence-corrected chi connectivity index (χ4v) is 3.87. The van der Waals surface area contributed by atoms with Crippen LogP contribution in [0.1, 0.15) is 35.5 Å². The minimum absolute atomic E-state index is 0.261. The van der Waals surface area contributed by atoms with E-state index in [1.165, 1.54) is 12.1 Å². The van der Waals surface area contributed by atoms with Gasteiger partial charge in [0.05, 0.1) is 5.69 Å². The van der Waals surface area contributed by atoms with Crippen molar-refractivity contribution in [1.82, 2.24) is 19.6 Å². The molecular weight excluding hydrogens is 389 g/mol. The van der Waals surface area contributed by atoms with Crippen LogP contribution in [0.15, 0.2) is 48.5 Å². The van der Waals surface area contributed by atoms with Crippen LogP contribution < -0.4 is 5.32 Å². The molecule has 0 unspecified atom stereocenters. The van der Waals surface area contributed by atoms with Crippen LogP contribution in [-0.2, 0) is 19.3 Å². The summed E-state index contributed by atoms with van der Waals surface area (Å²) in [7, 11) is 0. The number of halogens is 2. The van der Waals surface area contributed by atoms with E-state index in [0.29, 0.717) is 23.0 Å². The van der Waals surface area contributed by atoms with E-state index in [-0.39, 0.29) is 5.82 Å². The summed E-state index contributed by atoms with van der Waals surface area (Å²) in [5, 5.41) is 8.85. The molecule has 1 aliphatic carbocycles. The van der Waals surface area contributed by atoms with E-state index >= 15 is 0 Å². The van der Waals surface area contributed by atoms with Crippen molar-refractivity contribution in [1.29, 1.82) is 0 Å². The van der Waals surface area contributed by atoms with Gasteiger partial charge in [0, 0.05) is 22.7 Å². The first kappa shape index (κ1) is 18.1. The topological polar surface area (TPSA) is 55.1 Å². The fraction of sp³-hybridized carbons (Fsp3) is 0.227. The number of aromatic nitrogens is 4. The van der Waals surface area contributed by atoms with E-state index < -0.39 is 0 Å². The second-order valence-electron chi connectivity index (χ2n) is 7.27. The molecule has 5 nitrogen and oxygen atoms in total. The molecule has 1 N–H and O–H groups in total. The number of nitrogens with zero attached hydrogens (tertiary/aromatic N) is 4. The van der Waals surface area contributed by atoms with E-state index in [4.69, 9.17) is 21.7 Å². The zero-order valence-corrected chi connectivity index (χ0v) is 16.5. The van der Waals surface area contributed by atoms with Crippen LogP contribution in [0.5, 0.6) is 0 Å². The predicted octanol–water partition coefficient (Wildman–Crippen LogP) is 5.13. The normalized spacial score (nSPS) is 13.4. The Hall–Kier alpha value is -2.99. The molecular formula is C22H19ClFN5. The van der Waals surface area contributed by atoms with Gasteiger partial charge in [-0.25, -0.2) is 9.37 Å².